The van der Waals surface area contributed by atoms with E-state index in [0.29, 0.717) is 16.8 Å². The average molecular weight is 373 g/mol. The molecule has 0 aliphatic carbocycles. The molecule has 0 aliphatic heterocycles. The van der Waals surface area contributed by atoms with Crippen LogP contribution in [0.25, 0.3) is 0 Å². The molecule has 3 nitrogen and oxygen atoms in total. The molecule has 5 heteroatoms. The first-order valence-electron chi connectivity index (χ1n) is 5.31. The minimum absolute atomic E-state index is 0.0708. The standard InChI is InChI=1S/C13H11Br2NO2/c1-16(8-9-2-4-10(14)5-3-9)13(17)11-6-7-18-12(11)15/h2-7H,8H2,1H3. The summed E-state index contributed by atoms with van der Waals surface area (Å²) in [6.45, 7) is 0.559. The lowest BCUT2D eigenvalue weighted by molar-refractivity contribution is 0.0783. The van der Waals surface area contributed by atoms with Gasteiger partial charge in [0.2, 0.25) is 0 Å². The van der Waals surface area contributed by atoms with E-state index in [1.165, 1.54) is 6.26 Å². The van der Waals surface area contributed by atoms with Crippen LogP contribution in [0.2, 0.25) is 0 Å². The van der Waals surface area contributed by atoms with Crippen molar-refractivity contribution in [3.05, 3.63) is 56.9 Å². The molecule has 0 aliphatic rings. The number of hydrogen-bond donors (Lipinski definition) is 0. The predicted octanol–water partition coefficient (Wildman–Crippen LogP) is 4.08. The van der Waals surface area contributed by atoms with Gasteiger partial charge in [0, 0.05) is 18.1 Å². The molecule has 0 unspecified atom stereocenters. The Balaban J connectivity index is 2.08. The van der Waals surface area contributed by atoms with Gasteiger partial charge in [0.05, 0.1) is 11.8 Å². The molecule has 0 spiro atoms. The minimum Gasteiger partial charge on any atom is -0.457 e. The maximum atomic E-state index is 12.1. The van der Waals surface area contributed by atoms with Crippen molar-refractivity contribution in [2.45, 2.75) is 6.54 Å². The van der Waals surface area contributed by atoms with E-state index in [0.717, 1.165) is 10.0 Å². The van der Waals surface area contributed by atoms with Gasteiger partial charge in [-0.15, -0.1) is 0 Å². The van der Waals surface area contributed by atoms with Crippen LogP contribution in [0.15, 0.2) is 50.2 Å². The number of furan rings is 1. The Morgan fingerprint density at radius 2 is 1.89 bits per heavy atom. The lowest BCUT2D eigenvalue weighted by atomic mass is 10.2. The van der Waals surface area contributed by atoms with Gasteiger partial charge in [0.25, 0.3) is 5.91 Å². The summed E-state index contributed by atoms with van der Waals surface area (Å²) in [5.74, 6) is -0.0708. The van der Waals surface area contributed by atoms with Crippen molar-refractivity contribution in [3.8, 4) is 0 Å². The lowest BCUT2D eigenvalue weighted by Gasteiger charge is -2.16. The summed E-state index contributed by atoms with van der Waals surface area (Å²) in [4.78, 5) is 13.8. The first kappa shape index (κ1) is 13.4. The number of carbonyl (C=O) groups excluding carboxylic acids is 1. The molecule has 0 fully saturated rings. The van der Waals surface area contributed by atoms with Crippen molar-refractivity contribution in [3.63, 3.8) is 0 Å². The smallest absolute Gasteiger partial charge is 0.258 e. The molecule has 0 saturated heterocycles. The maximum absolute atomic E-state index is 12.1. The minimum atomic E-state index is -0.0708. The van der Waals surface area contributed by atoms with Crippen LogP contribution in [0.3, 0.4) is 0 Å². The summed E-state index contributed by atoms with van der Waals surface area (Å²) < 4.78 is 6.56. The fraction of sp³-hybridized carbons (Fsp3) is 0.154. The highest BCUT2D eigenvalue weighted by atomic mass is 79.9. The third kappa shape index (κ3) is 3.03. The third-order valence-corrected chi connectivity index (χ3v) is 3.67. The highest BCUT2D eigenvalue weighted by molar-refractivity contribution is 9.10. The molecule has 0 N–H and O–H groups in total. The summed E-state index contributed by atoms with van der Waals surface area (Å²) in [5.41, 5.74) is 1.61. The summed E-state index contributed by atoms with van der Waals surface area (Å²) in [7, 11) is 1.77. The Bertz CT molecular complexity index is 548. The van der Waals surface area contributed by atoms with E-state index >= 15 is 0 Å². The molecular weight excluding hydrogens is 362 g/mol. The van der Waals surface area contributed by atoms with E-state index < -0.39 is 0 Å². The van der Waals surface area contributed by atoms with Gasteiger partial charge in [0.15, 0.2) is 4.67 Å². The largest absolute Gasteiger partial charge is 0.457 e. The van der Waals surface area contributed by atoms with E-state index in [2.05, 4.69) is 31.9 Å². The number of carbonyl (C=O) groups is 1. The van der Waals surface area contributed by atoms with Crippen molar-refractivity contribution < 1.29 is 9.21 Å². The van der Waals surface area contributed by atoms with Crippen molar-refractivity contribution in [1.82, 2.24) is 4.90 Å². The van der Waals surface area contributed by atoms with Crippen LogP contribution in [-0.4, -0.2) is 17.9 Å². The molecule has 94 valence electrons. The molecule has 0 radical (unpaired) electrons. The molecule has 1 amide bonds. The molecule has 1 aromatic heterocycles. The van der Waals surface area contributed by atoms with E-state index in [4.69, 9.17) is 4.42 Å². The van der Waals surface area contributed by atoms with Gasteiger partial charge in [0.1, 0.15) is 0 Å². The fourth-order valence-corrected chi connectivity index (χ4v) is 2.26. The van der Waals surface area contributed by atoms with E-state index in [-0.39, 0.29) is 5.91 Å². The van der Waals surface area contributed by atoms with Crippen molar-refractivity contribution in [1.29, 1.82) is 0 Å². The molecule has 1 aromatic carbocycles. The number of hydrogen-bond acceptors (Lipinski definition) is 2. The van der Waals surface area contributed by atoms with Crippen LogP contribution >= 0.6 is 31.9 Å². The first-order valence-corrected chi connectivity index (χ1v) is 6.89. The molecule has 1 heterocycles. The van der Waals surface area contributed by atoms with Gasteiger partial charge in [-0.3, -0.25) is 4.79 Å². The third-order valence-electron chi connectivity index (χ3n) is 2.53. The van der Waals surface area contributed by atoms with Gasteiger partial charge in [-0.25, -0.2) is 0 Å². The van der Waals surface area contributed by atoms with Crippen LogP contribution in [0.5, 0.6) is 0 Å². The summed E-state index contributed by atoms with van der Waals surface area (Å²) in [6, 6.07) is 9.55. The first-order chi connectivity index (χ1) is 8.58. The Morgan fingerprint density at radius 1 is 1.22 bits per heavy atom. The van der Waals surface area contributed by atoms with E-state index in [1.807, 2.05) is 24.3 Å². The van der Waals surface area contributed by atoms with Crippen LogP contribution in [-0.2, 0) is 6.54 Å². The predicted molar refractivity (Wildman–Crippen MR) is 76.3 cm³/mol. The second-order valence-electron chi connectivity index (χ2n) is 3.90. The molecule has 0 saturated carbocycles. The van der Waals surface area contributed by atoms with Gasteiger partial charge in [-0.2, -0.15) is 0 Å². The van der Waals surface area contributed by atoms with Crippen LogP contribution in [0, 0.1) is 0 Å². The van der Waals surface area contributed by atoms with Gasteiger partial charge >= 0.3 is 0 Å². The number of halogens is 2. The molecule has 18 heavy (non-hydrogen) atoms. The second kappa shape index (κ2) is 5.71. The monoisotopic (exact) mass is 371 g/mol. The Labute approximate surface area is 122 Å². The molecule has 2 aromatic rings. The quantitative estimate of drug-likeness (QED) is 0.813. The zero-order valence-electron chi connectivity index (χ0n) is 9.69. The molecule has 2 rings (SSSR count). The number of benzene rings is 1. The molecular formula is C13H11Br2NO2. The SMILES string of the molecule is CN(Cc1ccc(Br)cc1)C(=O)c1ccoc1Br. The zero-order valence-corrected chi connectivity index (χ0v) is 12.9. The fourth-order valence-electron chi connectivity index (χ4n) is 1.59. The Morgan fingerprint density at radius 3 is 2.44 bits per heavy atom. The van der Waals surface area contributed by atoms with Gasteiger partial charge in [-0.05, 0) is 39.7 Å². The van der Waals surface area contributed by atoms with E-state index in [1.54, 1.807) is 18.0 Å². The van der Waals surface area contributed by atoms with Crippen molar-refractivity contribution >= 4 is 37.8 Å². The Hall–Kier alpha value is -1.07. The zero-order chi connectivity index (χ0) is 13.1. The normalized spacial score (nSPS) is 10.4. The second-order valence-corrected chi connectivity index (χ2v) is 5.53. The number of nitrogens with zero attached hydrogens (tertiary/aromatic N) is 1. The van der Waals surface area contributed by atoms with Crippen LogP contribution in [0.1, 0.15) is 15.9 Å². The van der Waals surface area contributed by atoms with Crippen LogP contribution < -0.4 is 0 Å². The lowest BCUT2D eigenvalue weighted by Crippen LogP contribution is -2.26. The molecule has 0 bridgehead atoms. The summed E-state index contributed by atoms with van der Waals surface area (Å²) in [6.07, 6.45) is 1.49. The highest BCUT2D eigenvalue weighted by Crippen LogP contribution is 2.20. The maximum Gasteiger partial charge on any atom is 0.258 e. The number of rotatable bonds is 3. The van der Waals surface area contributed by atoms with Crippen molar-refractivity contribution in [2.75, 3.05) is 7.05 Å². The summed E-state index contributed by atoms with van der Waals surface area (Å²) in [5, 5.41) is 0. The highest BCUT2D eigenvalue weighted by Gasteiger charge is 2.17. The number of amides is 1. The van der Waals surface area contributed by atoms with Gasteiger partial charge < -0.3 is 9.32 Å². The molecule has 0 atom stereocenters. The summed E-state index contributed by atoms with van der Waals surface area (Å²) >= 11 is 6.59. The van der Waals surface area contributed by atoms with Crippen LogP contribution in [0.4, 0.5) is 0 Å². The van der Waals surface area contributed by atoms with Crippen molar-refractivity contribution in [2.24, 2.45) is 0 Å². The van der Waals surface area contributed by atoms with Gasteiger partial charge in [-0.1, -0.05) is 28.1 Å². The topological polar surface area (TPSA) is 33.5 Å². The average Bonchev–Trinajstić information content (AvgIpc) is 2.77. The van der Waals surface area contributed by atoms with E-state index in [9.17, 15) is 4.79 Å². The Kier molecular flexibility index (Phi) is 4.24.